The Kier molecular flexibility index (Phi) is 9.43. The van der Waals surface area contributed by atoms with Crippen molar-refractivity contribution in [2.75, 3.05) is 14.2 Å². The van der Waals surface area contributed by atoms with Gasteiger partial charge in [0.2, 0.25) is 0 Å². The fourth-order valence-corrected chi connectivity index (χ4v) is 4.67. The number of methoxy groups -OCH3 is 2. The van der Waals surface area contributed by atoms with Crippen LogP contribution in [0.25, 0.3) is 11.1 Å². The van der Waals surface area contributed by atoms with E-state index in [1.165, 1.54) is 42.5 Å². The number of hydrogen-bond acceptors (Lipinski definition) is 3. The highest BCUT2D eigenvalue weighted by Crippen LogP contribution is 2.53. The molecule has 0 spiro atoms. The van der Waals surface area contributed by atoms with E-state index >= 15 is 0 Å². The van der Waals surface area contributed by atoms with E-state index < -0.39 is 64.9 Å². The molecular weight excluding hydrogens is 581 g/mol. The molecule has 0 fully saturated rings. The highest BCUT2D eigenvalue weighted by Gasteiger charge is 2.53. The van der Waals surface area contributed by atoms with Gasteiger partial charge in [0, 0.05) is 5.56 Å². The molecule has 4 nitrogen and oxygen atoms in total. The third kappa shape index (κ3) is 7.11. The third-order valence-corrected chi connectivity index (χ3v) is 6.53. The molecule has 0 bridgehead atoms. The van der Waals surface area contributed by atoms with Crippen molar-refractivity contribution in [3.63, 3.8) is 0 Å². The molecule has 0 heterocycles. The van der Waals surface area contributed by atoms with Gasteiger partial charge in [0.1, 0.15) is 5.75 Å². The van der Waals surface area contributed by atoms with Gasteiger partial charge in [0.05, 0.1) is 37.0 Å². The fourth-order valence-electron chi connectivity index (χ4n) is 4.67. The van der Waals surface area contributed by atoms with Crippen molar-refractivity contribution in [2.24, 2.45) is 0 Å². The summed E-state index contributed by atoms with van der Waals surface area (Å²) in [4.78, 5) is 12.3. The third-order valence-electron chi connectivity index (χ3n) is 6.53. The van der Waals surface area contributed by atoms with Crippen LogP contribution in [0.5, 0.6) is 5.75 Å². The minimum absolute atomic E-state index is 0.0340. The van der Waals surface area contributed by atoms with Gasteiger partial charge in [-0.25, -0.2) is 4.79 Å². The van der Waals surface area contributed by atoms with Crippen molar-refractivity contribution in [1.82, 2.24) is 5.32 Å². The summed E-state index contributed by atoms with van der Waals surface area (Å²) in [7, 11) is 1.99. The van der Waals surface area contributed by atoms with E-state index in [-0.39, 0.29) is 28.9 Å². The van der Waals surface area contributed by atoms with Crippen LogP contribution in [-0.2, 0) is 29.7 Å². The maximum Gasteiger partial charge on any atom is 0.417 e. The molecular formula is C29H26F9NO3. The molecule has 0 saturated heterocycles. The van der Waals surface area contributed by atoms with Gasteiger partial charge >= 0.3 is 24.6 Å². The van der Waals surface area contributed by atoms with Crippen LogP contribution < -0.4 is 10.1 Å². The van der Waals surface area contributed by atoms with Crippen LogP contribution in [0.2, 0.25) is 0 Å². The average molecular weight is 608 g/mol. The number of hydrogen-bond donors (Lipinski definition) is 1. The first kappa shape index (κ1) is 32.6. The second-order valence-corrected chi connectivity index (χ2v) is 9.62. The highest BCUT2D eigenvalue weighted by molar-refractivity contribution is 5.79. The molecule has 3 aromatic rings. The molecule has 1 atom stereocenters. The van der Waals surface area contributed by atoms with Gasteiger partial charge in [-0.3, -0.25) is 0 Å². The normalized spacial score (nSPS) is 13.2. The molecule has 1 N–H and O–H groups in total. The molecule has 1 unspecified atom stereocenters. The van der Waals surface area contributed by atoms with E-state index in [0.717, 1.165) is 14.2 Å². The van der Waals surface area contributed by atoms with Crippen molar-refractivity contribution in [1.29, 1.82) is 0 Å². The second kappa shape index (κ2) is 12.1. The lowest BCUT2D eigenvalue weighted by molar-refractivity contribution is -0.175. The summed E-state index contributed by atoms with van der Waals surface area (Å²) in [6.07, 6.45) is -19.7. The Morgan fingerprint density at radius 2 is 1.38 bits per heavy atom. The average Bonchev–Trinajstić information content (AvgIpc) is 2.90. The predicted octanol–water partition coefficient (Wildman–Crippen LogP) is 9.18. The van der Waals surface area contributed by atoms with Crippen LogP contribution in [0.15, 0.2) is 54.6 Å². The first-order valence-corrected chi connectivity index (χ1v) is 12.4. The molecule has 3 aromatic carbocycles. The standard InChI is InChI=1S/C29H26F9NO3/c1-15(2)17-10-11-22(41-3)18(13-17)19-14-20(27(30,31)32)24(28(33,34)35)25(29(36,37)38)23(19)21(39-26(40)42-4)12-16-8-6-5-7-9-16/h5-11,13-15,21H,12H2,1-4H3,(H,39,40). The zero-order valence-electron chi connectivity index (χ0n) is 22.7. The molecule has 0 aliphatic rings. The zero-order valence-corrected chi connectivity index (χ0v) is 22.7. The Bertz CT molecular complexity index is 1410. The van der Waals surface area contributed by atoms with Crippen LogP contribution >= 0.6 is 0 Å². The van der Waals surface area contributed by atoms with Crippen molar-refractivity contribution >= 4 is 6.09 Å². The van der Waals surface area contributed by atoms with E-state index in [1.807, 2.05) is 0 Å². The molecule has 228 valence electrons. The summed E-state index contributed by atoms with van der Waals surface area (Å²) in [6.45, 7) is 3.41. The quantitative estimate of drug-likeness (QED) is 0.273. The van der Waals surface area contributed by atoms with Crippen LogP contribution in [0.3, 0.4) is 0 Å². The molecule has 0 aliphatic carbocycles. The summed E-state index contributed by atoms with van der Waals surface area (Å²) < 4.78 is 139. The first-order chi connectivity index (χ1) is 19.4. The Hall–Kier alpha value is -3.90. The number of carbonyl (C=O) groups is 1. The van der Waals surface area contributed by atoms with E-state index in [0.29, 0.717) is 5.56 Å². The molecule has 0 aliphatic heterocycles. The maximum atomic E-state index is 14.8. The molecule has 0 radical (unpaired) electrons. The molecule has 13 heteroatoms. The molecule has 0 aromatic heterocycles. The van der Waals surface area contributed by atoms with Gasteiger partial charge in [0.25, 0.3) is 0 Å². The minimum Gasteiger partial charge on any atom is -0.496 e. The van der Waals surface area contributed by atoms with Crippen LogP contribution in [0.1, 0.15) is 59.2 Å². The number of nitrogens with one attached hydrogen (secondary N) is 1. The van der Waals surface area contributed by atoms with E-state index in [4.69, 9.17) is 4.74 Å². The molecule has 1 amide bonds. The van der Waals surface area contributed by atoms with Crippen LogP contribution in [0.4, 0.5) is 44.3 Å². The number of halogens is 9. The lowest BCUT2D eigenvalue weighted by Crippen LogP contribution is -2.34. The first-order valence-electron chi connectivity index (χ1n) is 12.4. The predicted molar refractivity (Wildman–Crippen MR) is 136 cm³/mol. The SMILES string of the molecule is COC(=O)NC(Cc1ccccc1)c1c(-c2cc(C(C)C)ccc2OC)cc(C(F)(F)F)c(C(F)(F)F)c1C(F)(F)F. The van der Waals surface area contributed by atoms with Crippen molar-refractivity contribution in [3.8, 4) is 16.9 Å². The van der Waals surface area contributed by atoms with E-state index in [2.05, 4.69) is 10.1 Å². The summed E-state index contributed by atoms with van der Waals surface area (Å²) in [5, 5.41) is 2.12. The lowest BCUT2D eigenvalue weighted by atomic mass is 9.81. The van der Waals surface area contributed by atoms with Gasteiger partial charge in [-0.1, -0.05) is 50.2 Å². The maximum absolute atomic E-state index is 14.8. The molecule has 3 rings (SSSR count). The zero-order chi connectivity index (χ0) is 31.6. The van der Waals surface area contributed by atoms with E-state index in [9.17, 15) is 44.3 Å². The number of alkyl carbamates (subject to hydrolysis) is 1. The largest absolute Gasteiger partial charge is 0.496 e. The monoisotopic (exact) mass is 607 g/mol. The number of amides is 1. The smallest absolute Gasteiger partial charge is 0.417 e. The fraction of sp³-hybridized carbons (Fsp3) is 0.345. The summed E-state index contributed by atoms with van der Waals surface area (Å²) in [6, 6.07) is 9.63. The van der Waals surface area contributed by atoms with Gasteiger partial charge in [-0.2, -0.15) is 39.5 Å². The van der Waals surface area contributed by atoms with Gasteiger partial charge in [-0.05, 0) is 52.8 Å². The number of carbonyl (C=O) groups excluding carboxylic acids is 1. The Morgan fingerprint density at radius 1 is 0.786 bits per heavy atom. The van der Waals surface area contributed by atoms with Crippen LogP contribution in [0, 0.1) is 0 Å². The van der Waals surface area contributed by atoms with Gasteiger partial charge < -0.3 is 14.8 Å². The minimum atomic E-state index is -6.09. The Morgan fingerprint density at radius 3 is 1.86 bits per heavy atom. The van der Waals surface area contributed by atoms with Crippen molar-refractivity contribution < 1.29 is 53.8 Å². The summed E-state index contributed by atoms with van der Waals surface area (Å²) in [5.41, 5.74) is -9.69. The van der Waals surface area contributed by atoms with Crippen molar-refractivity contribution in [3.05, 3.63) is 88.0 Å². The lowest BCUT2D eigenvalue weighted by Gasteiger charge is -2.31. The number of ether oxygens (including phenoxy) is 2. The second-order valence-electron chi connectivity index (χ2n) is 9.62. The van der Waals surface area contributed by atoms with E-state index in [1.54, 1.807) is 19.9 Å². The van der Waals surface area contributed by atoms with Gasteiger partial charge in [-0.15, -0.1) is 0 Å². The summed E-state index contributed by atoms with van der Waals surface area (Å²) in [5.74, 6) is -0.469. The topological polar surface area (TPSA) is 47.6 Å². The Balaban J connectivity index is 2.66. The molecule has 0 saturated carbocycles. The van der Waals surface area contributed by atoms with Gasteiger partial charge in [0.15, 0.2) is 0 Å². The van der Waals surface area contributed by atoms with Crippen LogP contribution in [-0.4, -0.2) is 20.3 Å². The summed E-state index contributed by atoms with van der Waals surface area (Å²) >= 11 is 0. The number of benzene rings is 3. The highest BCUT2D eigenvalue weighted by atomic mass is 19.4. The molecule has 42 heavy (non-hydrogen) atoms. The number of alkyl halides is 9. The van der Waals surface area contributed by atoms with Crippen molar-refractivity contribution in [2.45, 2.75) is 50.8 Å². The number of rotatable bonds is 7. The Labute approximate surface area is 235 Å².